The third-order valence-corrected chi connectivity index (χ3v) is 8.18. The Kier molecular flexibility index (Phi) is 5.02. The van der Waals surface area contributed by atoms with Crippen LogP contribution in [-0.2, 0) is 16.4 Å². The van der Waals surface area contributed by atoms with Crippen molar-refractivity contribution in [2.45, 2.75) is 43.8 Å². The largest absolute Gasteiger partial charge is 0.345 e. The number of hydrogen-bond donors (Lipinski definition) is 2. The van der Waals surface area contributed by atoms with Gasteiger partial charge in [-0.1, -0.05) is 43.7 Å². The normalized spacial score (nSPS) is 23.0. The Morgan fingerprint density at radius 3 is 2.74 bits per heavy atom. The zero-order valence-corrected chi connectivity index (χ0v) is 18.2. The third kappa shape index (κ3) is 3.61. The molecule has 1 aliphatic rings. The first-order chi connectivity index (χ1) is 15.0. The maximum Gasteiger partial charge on any atom is 0.212 e. The number of sulfonamides is 1. The number of aromatic amines is 1. The van der Waals surface area contributed by atoms with Gasteiger partial charge in [0.15, 0.2) is 11.3 Å². The van der Waals surface area contributed by atoms with Crippen LogP contribution in [-0.4, -0.2) is 38.2 Å². The lowest BCUT2D eigenvalue weighted by molar-refractivity contribution is 0.436. The summed E-state index contributed by atoms with van der Waals surface area (Å²) < 4.78 is 27.2. The number of hydrogen-bond acceptors (Lipinski definition) is 5. The van der Waals surface area contributed by atoms with Crippen molar-refractivity contribution in [3.63, 3.8) is 0 Å². The van der Waals surface area contributed by atoms with E-state index in [0.717, 1.165) is 41.8 Å². The van der Waals surface area contributed by atoms with Crippen molar-refractivity contribution in [2.75, 3.05) is 0 Å². The van der Waals surface area contributed by atoms with Gasteiger partial charge in [0, 0.05) is 12.1 Å². The Bertz CT molecular complexity index is 1310. The van der Waals surface area contributed by atoms with E-state index < -0.39 is 15.3 Å². The molecule has 3 aromatic heterocycles. The Labute approximate surface area is 181 Å². The Balaban J connectivity index is 1.52. The highest BCUT2D eigenvalue weighted by molar-refractivity contribution is 7.89. The molecule has 1 aliphatic carbocycles. The van der Waals surface area contributed by atoms with Crippen molar-refractivity contribution in [1.29, 1.82) is 0 Å². The molecule has 0 spiro atoms. The minimum absolute atomic E-state index is 0.0268. The number of H-pyrrole nitrogens is 1. The van der Waals surface area contributed by atoms with Crippen LogP contribution in [0, 0.1) is 11.8 Å². The van der Waals surface area contributed by atoms with Gasteiger partial charge in [0.1, 0.15) is 5.82 Å². The molecule has 1 aromatic carbocycles. The van der Waals surface area contributed by atoms with Gasteiger partial charge in [-0.15, -0.1) is 10.2 Å². The molecule has 0 aliphatic heterocycles. The zero-order valence-electron chi connectivity index (χ0n) is 17.3. The number of nitrogens with one attached hydrogen (secondary N) is 1. The van der Waals surface area contributed by atoms with E-state index in [4.69, 9.17) is 5.14 Å². The maximum absolute atomic E-state index is 12.6. The van der Waals surface area contributed by atoms with Crippen molar-refractivity contribution >= 4 is 26.8 Å². The summed E-state index contributed by atoms with van der Waals surface area (Å²) in [5.74, 6) is 1.29. The number of nitrogens with two attached hydrogens (primary N) is 1. The van der Waals surface area contributed by atoms with Gasteiger partial charge in [-0.2, -0.15) is 0 Å². The van der Waals surface area contributed by atoms with E-state index in [1.165, 1.54) is 0 Å². The minimum atomic E-state index is -3.70. The van der Waals surface area contributed by atoms with Gasteiger partial charge in [-0.3, -0.25) is 4.40 Å². The second-order valence-electron chi connectivity index (χ2n) is 8.55. The summed E-state index contributed by atoms with van der Waals surface area (Å²) >= 11 is 0. The van der Waals surface area contributed by atoms with Gasteiger partial charge >= 0.3 is 0 Å². The van der Waals surface area contributed by atoms with Gasteiger partial charge in [0.05, 0.1) is 17.0 Å². The monoisotopic (exact) mass is 438 g/mol. The molecule has 31 heavy (non-hydrogen) atoms. The summed E-state index contributed by atoms with van der Waals surface area (Å²) in [7, 11) is -3.70. The molecule has 4 atom stereocenters. The Hall–Kier alpha value is -2.78. The molecule has 1 fully saturated rings. The molecular formula is C22H26N6O2S. The average Bonchev–Trinajstić information content (AvgIpc) is 3.48. The first kappa shape index (κ1) is 20.1. The predicted molar refractivity (Wildman–Crippen MR) is 119 cm³/mol. The van der Waals surface area contributed by atoms with E-state index in [2.05, 4.69) is 31.5 Å². The summed E-state index contributed by atoms with van der Waals surface area (Å²) in [6, 6.07) is 11.7. The highest BCUT2D eigenvalue weighted by Gasteiger charge is 2.43. The summed E-state index contributed by atoms with van der Waals surface area (Å²) in [6.07, 6.45) is 6.48. The minimum Gasteiger partial charge on any atom is -0.345 e. The van der Waals surface area contributed by atoms with Crippen molar-refractivity contribution in [3.05, 3.63) is 60.2 Å². The quantitative estimate of drug-likeness (QED) is 0.480. The Morgan fingerprint density at radius 1 is 1.19 bits per heavy atom. The van der Waals surface area contributed by atoms with Gasteiger partial charge in [0.2, 0.25) is 10.0 Å². The Morgan fingerprint density at radius 2 is 2.00 bits per heavy atom. The number of aromatic nitrogens is 5. The molecule has 5 rings (SSSR count). The van der Waals surface area contributed by atoms with Gasteiger partial charge in [0.25, 0.3) is 0 Å². The lowest BCUT2D eigenvalue weighted by Crippen LogP contribution is -2.36. The average molecular weight is 439 g/mol. The fourth-order valence-corrected chi connectivity index (χ4v) is 6.46. The molecule has 1 unspecified atom stereocenters. The summed E-state index contributed by atoms with van der Waals surface area (Å²) in [6.45, 7) is 2.15. The molecule has 0 bridgehead atoms. The fraction of sp³-hybridized carbons (Fsp3) is 0.409. The van der Waals surface area contributed by atoms with Crippen molar-refractivity contribution < 1.29 is 8.42 Å². The van der Waals surface area contributed by atoms with Crippen molar-refractivity contribution in [2.24, 2.45) is 17.0 Å². The van der Waals surface area contributed by atoms with Crippen LogP contribution in [0.2, 0.25) is 0 Å². The zero-order chi connectivity index (χ0) is 21.6. The number of benzene rings is 1. The number of fused-ring (bicyclic) bond motifs is 3. The van der Waals surface area contributed by atoms with Crippen LogP contribution in [0.4, 0.5) is 0 Å². The molecule has 162 valence electrons. The van der Waals surface area contributed by atoms with Crippen molar-refractivity contribution in [3.8, 4) is 0 Å². The maximum atomic E-state index is 12.6. The summed E-state index contributed by atoms with van der Waals surface area (Å²) in [5, 5.41) is 14.0. The molecule has 9 heteroatoms. The van der Waals surface area contributed by atoms with E-state index in [9.17, 15) is 8.42 Å². The first-order valence-electron chi connectivity index (χ1n) is 10.7. The van der Waals surface area contributed by atoms with Gasteiger partial charge < -0.3 is 4.98 Å². The molecule has 0 amide bonds. The van der Waals surface area contributed by atoms with Crippen LogP contribution in [0.15, 0.2) is 48.8 Å². The van der Waals surface area contributed by atoms with Gasteiger partial charge in [-0.25, -0.2) is 18.5 Å². The summed E-state index contributed by atoms with van der Waals surface area (Å²) in [5.41, 5.74) is 3.41. The highest BCUT2D eigenvalue weighted by Crippen LogP contribution is 2.47. The standard InChI is InChI=1S/C22H26N6O2S/c1-2-15-11-16(19(31(23,29)30)10-14-6-4-3-5-7-14)12-17(15)22-27-26-20-13-25-21-18(28(20)22)8-9-24-21/h3-9,13,15-17,19,24H,2,10-12H2,1H3,(H2,23,29,30)/t15-,16+,17+,19?/m1/s1. The summed E-state index contributed by atoms with van der Waals surface area (Å²) in [4.78, 5) is 7.53. The first-order valence-corrected chi connectivity index (χ1v) is 12.3. The second kappa shape index (κ2) is 7.72. The van der Waals surface area contributed by atoms with Crippen LogP contribution in [0.1, 0.15) is 43.5 Å². The van der Waals surface area contributed by atoms with E-state index >= 15 is 0 Å². The van der Waals surface area contributed by atoms with E-state index in [1.807, 2.05) is 42.6 Å². The molecule has 0 radical (unpaired) electrons. The lowest BCUT2D eigenvalue weighted by Gasteiger charge is -2.22. The van der Waals surface area contributed by atoms with Crippen LogP contribution < -0.4 is 5.14 Å². The number of nitrogens with zero attached hydrogens (tertiary/aromatic N) is 4. The fourth-order valence-electron chi connectivity index (χ4n) is 5.27. The second-order valence-corrected chi connectivity index (χ2v) is 10.3. The molecular weight excluding hydrogens is 412 g/mol. The smallest absolute Gasteiger partial charge is 0.212 e. The van der Waals surface area contributed by atoms with Crippen molar-refractivity contribution in [1.82, 2.24) is 24.6 Å². The van der Waals surface area contributed by atoms with Gasteiger partial charge in [-0.05, 0) is 42.7 Å². The van der Waals surface area contributed by atoms with E-state index in [0.29, 0.717) is 18.0 Å². The molecule has 8 nitrogen and oxygen atoms in total. The van der Waals surface area contributed by atoms with Crippen LogP contribution in [0.3, 0.4) is 0 Å². The number of rotatable bonds is 6. The topological polar surface area (TPSA) is 119 Å². The molecule has 0 saturated heterocycles. The lowest BCUT2D eigenvalue weighted by atomic mass is 9.93. The molecule has 4 aromatic rings. The van der Waals surface area contributed by atoms with E-state index in [1.54, 1.807) is 6.20 Å². The SMILES string of the molecule is CC[C@@H]1C[C@H](C(Cc2ccccc2)S(N)(=O)=O)C[C@@H]1c1nnc2cnc3[nH]ccc3n12. The van der Waals surface area contributed by atoms with Crippen LogP contribution >= 0.6 is 0 Å². The molecule has 3 N–H and O–H groups in total. The molecule has 3 heterocycles. The third-order valence-electron chi connectivity index (χ3n) is 6.78. The molecule has 1 saturated carbocycles. The van der Waals surface area contributed by atoms with Crippen LogP contribution in [0.25, 0.3) is 16.8 Å². The predicted octanol–water partition coefficient (Wildman–Crippen LogP) is 3.03. The van der Waals surface area contributed by atoms with E-state index in [-0.39, 0.29) is 11.8 Å². The highest BCUT2D eigenvalue weighted by atomic mass is 32.2. The number of primary sulfonamides is 1. The van der Waals surface area contributed by atoms with Crippen LogP contribution in [0.5, 0.6) is 0 Å².